The van der Waals surface area contributed by atoms with Gasteiger partial charge in [0.25, 0.3) is 0 Å². The van der Waals surface area contributed by atoms with Gasteiger partial charge < -0.3 is 14.2 Å². The van der Waals surface area contributed by atoms with Crippen LogP contribution in [0.3, 0.4) is 0 Å². The number of amides is 1. The average molecular weight is 374 g/mol. The summed E-state index contributed by atoms with van der Waals surface area (Å²) >= 11 is 0. The summed E-state index contributed by atoms with van der Waals surface area (Å²) in [6.07, 6.45) is 3.09. The molecule has 1 aliphatic rings. The largest absolute Gasteiger partial charge is 0.376 e. The number of nitrogens with zero attached hydrogens (tertiary/aromatic N) is 2. The summed E-state index contributed by atoms with van der Waals surface area (Å²) in [4.78, 5) is 14.4. The van der Waals surface area contributed by atoms with Crippen molar-refractivity contribution in [3.63, 3.8) is 0 Å². The van der Waals surface area contributed by atoms with E-state index in [-0.39, 0.29) is 11.7 Å². The number of carbonyl (C=O) groups excluding carboxylic acids is 1. The van der Waals surface area contributed by atoms with Crippen molar-refractivity contribution in [3.8, 4) is 0 Å². The van der Waals surface area contributed by atoms with Crippen molar-refractivity contribution >= 4 is 5.91 Å². The molecular formula is C21H27FN2O3. The summed E-state index contributed by atoms with van der Waals surface area (Å²) in [5.41, 5.74) is 2.90. The molecule has 0 radical (unpaired) electrons. The number of benzene rings is 1. The number of hydrogen-bond acceptors (Lipinski definition) is 4. The minimum Gasteiger partial charge on any atom is -0.376 e. The van der Waals surface area contributed by atoms with Crippen LogP contribution < -0.4 is 0 Å². The number of ether oxygens (including phenoxy) is 1. The van der Waals surface area contributed by atoms with E-state index in [1.54, 1.807) is 12.1 Å². The highest BCUT2D eigenvalue weighted by Gasteiger charge is 2.23. The lowest BCUT2D eigenvalue weighted by Crippen LogP contribution is -2.39. The Bertz CT molecular complexity index is 730. The molecule has 1 saturated heterocycles. The van der Waals surface area contributed by atoms with Crippen LogP contribution >= 0.6 is 0 Å². The van der Waals surface area contributed by atoms with Gasteiger partial charge in [-0.2, -0.15) is 0 Å². The molecule has 0 spiro atoms. The molecule has 1 aromatic carbocycles. The topological polar surface area (TPSA) is 55.6 Å². The molecule has 27 heavy (non-hydrogen) atoms. The molecule has 0 unspecified atom stereocenters. The van der Waals surface area contributed by atoms with Crippen molar-refractivity contribution < 1.29 is 18.4 Å². The molecule has 0 atom stereocenters. The SMILES string of the molecule is Cc1noc(C)c1CCC(=O)N1CCC(COCc2ccc(F)cc2)CC1. The van der Waals surface area contributed by atoms with Gasteiger partial charge in [-0.1, -0.05) is 17.3 Å². The molecule has 0 saturated carbocycles. The smallest absolute Gasteiger partial charge is 0.222 e. The second-order valence-electron chi connectivity index (χ2n) is 7.27. The van der Waals surface area contributed by atoms with Crippen LogP contribution in [0, 0.1) is 25.6 Å². The normalized spacial score (nSPS) is 15.3. The summed E-state index contributed by atoms with van der Waals surface area (Å²) < 4.78 is 23.8. The van der Waals surface area contributed by atoms with E-state index in [0.29, 0.717) is 32.0 Å². The summed E-state index contributed by atoms with van der Waals surface area (Å²) in [6, 6.07) is 6.39. The van der Waals surface area contributed by atoms with Gasteiger partial charge in [-0.05, 0) is 56.7 Å². The van der Waals surface area contributed by atoms with Gasteiger partial charge in [0.15, 0.2) is 0 Å². The molecule has 6 heteroatoms. The summed E-state index contributed by atoms with van der Waals surface area (Å²) in [5.74, 6) is 1.24. The molecular weight excluding hydrogens is 347 g/mol. The molecule has 2 heterocycles. The highest BCUT2D eigenvalue weighted by atomic mass is 19.1. The maximum absolute atomic E-state index is 12.9. The minimum atomic E-state index is -0.231. The fraction of sp³-hybridized carbons (Fsp3) is 0.524. The maximum atomic E-state index is 12.9. The first-order chi connectivity index (χ1) is 13.0. The van der Waals surface area contributed by atoms with Gasteiger partial charge in [0.05, 0.1) is 12.3 Å². The Labute approximate surface area is 159 Å². The number of piperidine rings is 1. The van der Waals surface area contributed by atoms with Gasteiger partial charge in [-0.25, -0.2) is 4.39 Å². The highest BCUT2D eigenvalue weighted by molar-refractivity contribution is 5.76. The van der Waals surface area contributed by atoms with Crippen LogP contribution in [0.2, 0.25) is 0 Å². The standard InChI is InChI=1S/C21H27FN2O3/c1-15-20(16(2)27-23-15)7-8-21(25)24-11-9-18(10-12-24)14-26-13-17-3-5-19(22)6-4-17/h3-6,18H,7-14H2,1-2H3. The number of aromatic nitrogens is 1. The third-order valence-electron chi connectivity index (χ3n) is 5.27. The third-order valence-corrected chi connectivity index (χ3v) is 5.27. The molecule has 0 N–H and O–H groups in total. The maximum Gasteiger partial charge on any atom is 0.222 e. The molecule has 146 valence electrons. The van der Waals surface area contributed by atoms with Crippen LogP contribution in [-0.4, -0.2) is 35.7 Å². The predicted octanol–water partition coefficient (Wildman–Crippen LogP) is 3.82. The molecule has 2 aromatic rings. The Balaban J connectivity index is 1.35. The Morgan fingerprint density at radius 3 is 2.59 bits per heavy atom. The fourth-order valence-electron chi connectivity index (χ4n) is 3.52. The van der Waals surface area contributed by atoms with Crippen LogP contribution in [0.5, 0.6) is 0 Å². The van der Waals surface area contributed by atoms with Crippen molar-refractivity contribution in [2.75, 3.05) is 19.7 Å². The van der Waals surface area contributed by atoms with Crippen molar-refractivity contribution in [1.82, 2.24) is 10.1 Å². The first kappa shape index (κ1) is 19.5. The van der Waals surface area contributed by atoms with Crippen LogP contribution in [0.1, 0.15) is 41.8 Å². The zero-order chi connectivity index (χ0) is 19.2. The molecule has 1 amide bonds. The van der Waals surface area contributed by atoms with Crippen LogP contribution in [-0.2, 0) is 22.6 Å². The second kappa shape index (κ2) is 9.13. The van der Waals surface area contributed by atoms with Gasteiger partial charge in [-0.15, -0.1) is 0 Å². The molecule has 3 rings (SSSR count). The quantitative estimate of drug-likeness (QED) is 0.739. The van der Waals surface area contributed by atoms with Gasteiger partial charge in [0.1, 0.15) is 11.6 Å². The van der Waals surface area contributed by atoms with Crippen molar-refractivity contribution in [3.05, 3.63) is 52.7 Å². The molecule has 0 aliphatic carbocycles. The second-order valence-corrected chi connectivity index (χ2v) is 7.27. The molecule has 5 nitrogen and oxygen atoms in total. The number of halogens is 1. The highest BCUT2D eigenvalue weighted by Crippen LogP contribution is 2.20. The van der Waals surface area contributed by atoms with Gasteiger partial charge in [-0.3, -0.25) is 4.79 Å². The zero-order valence-electron chi connectivity index (χ0n) is 16.0. The van der Waals surface area contributed by atoms with E-state index < -0.39 is 0 Å². The minimum absolute atomic E-state index is 0.195. The van der Waals surface area contributed by atoms with Gasteiger partial charge in [0.2, 0.25) is 5.91 Å². The summed E-state index contributed by atoms with van der Waals surface area (Å²) in [6.45, 7) is 6.54. The van der Waals surface area contributed by atoms with E-state index in [0.717, 1.165) is 48.5 Å². The number of hydrogen-bond donors (Lipinski definition) is 0. The average Bonchev–Trinajstić information content (AvgIpc) is 3.00. The molecule has 1 fully saturated rings. The molecule has 0 bridgehead atoms. The van der Waals surface area contributed by atoms with Crippen molar-refractivity contribution in [1.29, 1.82) is 0 Å². The van der Waals surface area contributed by atoms with Gasteiger partial charge >= 0.3 is 0 Å². The lowest BCUT2D eigenvalue weighted by molar-refractivity contribution is -0.132. The lowest BCUT2D eigenvalue weighted by Gasteiger charge is -2.32. The van der Waals surface area contributed by atoms with Crippen molar-refractivity contribution in [2.24, 2.45) is 5.92 Å². The number of likely N-dealkylation sites (tertiary alicyclic amines) is 1. The van der Waals surface area contributed by atoms with Crippen LogP contribution in [0.15, 0.2) is 28.8 Å². The summed E-state index contributed by atoms with van der Waals surface area (Å²) in [7, 11) is 0. The van der Waals surface area contributed by atoms with Crippen LogP contribution in [0.4, 0.5) is 4.39 Å². The predicted molar refractivity (Wildman–Crippen MR) is 99.7 cm³/mol. The Hall–Kier alpha value is -2.21. The monoisotopic (exact) mass is 374 g/mol. The van der Waals surface area contributed by atoms with E-state index in [4.69, 9.17) is 9.26 Å². The van der Waals surface area contributed by atoms with E-state index in [1.165, 1.54) is 12.1 Å². The Kier molecular flexibility index (Phi) is 6.61. The Morgan fingerprint density at radius 2 is 1.96 bits per heavy atom. The first-order valence-electron chi connectivity index (χ1n) is 9.54. The number of carbonyl (C=O) groups is 1. The number of aryl methyl sites for hydroxylation is 2. The zero-order valence-corrected chi connectivity index (χ0v) is 16.0. The Morgan fingerprint density at radius 1 is 1.26 bits per heavy atom. The van der Waals surface area contributed by atoms with Crippen molar-refractivity contribution in [2.45, 2.75) is 46.1 Å². The first-order valence-corrected chi connectivity index (χ1v) is 9.54. The molecule has 1 aliphatic heterocycles. The number of rotatable bonds is 7. The molecule has 1 aromatic heterocycles. The van der Waals surface area contributed by atoms with Gasteiger partial charge in [0, 0.05) is 31.7 Å². The lowest BCUT2D eigenvalue weighted by atomic mass is 9.97. The fourth-order valence-corrected chi connectivity index (χ4v) is 3.52. The summed E-state index contributed by atoms with van der Waals surface area (Å²) in [5, 5.41) is 3.94. The van der Waals surface area contributed by atoms with E-state index in [9.17, 15) is 9.18 Å². The van der Waals surface area contributed by atoms with E-state index >= 15 is 0 Å². The van der Waals surface area contributed by atoms with Crippen LogP contribution in [0.25, 0.3) is 0 Å². The third kappa shape index (κ3) is 5.39. The van der Waals surface area contributed by atoms with E-state index in [2.05, 4.69) is 5.16 Å². The van der Waals surface area contributed by atoms with E-state index in [1.807, 2.05) is 18.7 Å².